The number of hydrogen-bond acceptors (Lipinski definition) is 4. The van der Waals surface area contributed by atoms with Gasteiger partial charge in [-0.25, -0.2) is 13.1 Å². The first-order valence-electron chi connectivity index (χ1n) is 9.21. The van der Waals surface area contributed by atoms with Crippen LogP contribution in [0.25, 0.3) is 0 Å². The largest absolute Gasteiger partial charge is 0.342 e. The molecule has 2 N–H and O–H groups in total. The number of nitrogens with zero attached hydrogens (tertiary/aromatic N) is 2. The number of carbonyl (C=O) groups excluding carboxylic acids is 1. The number of aromatic amines is 1. The molecule has 0 spiro atoms. The minimum atomic E-state index is -3.58. The van der Waals surface area contributed by atoms with Crippen LogP contribution in [-0.2, 0) is 14.8 Å². The van der Waals surface area contributed by atoms with Crippen molar-refractivity contribution in [3.8, 4) is 0 Å². The summed E-state index contributed by atoms with van der Waals surface area (Å²) in [6, 6.07) is -0.130. The van der Waals surface area contributed by atoms with Crippen molar-refractivity contribution in [2.75, 3.05) is 13.1 Å². The van der Waals surface area contributed by atoms with Crippen molar-refractivity contribution in [1.29, 1.82) is 0 Å². The molecule has 1 aliphatic heterocycles. The van der Waals surface area contributed by atoms with Crippen LogP contribution in [0.3, 0.4) is 0 Å². The van der Waals surface area contributed by atoms with Gasteiger partial charge in [-0.3, -0.25) is 9.89 Å². The highest BCUT2D eigenvalue weighted by Crippen LogP contribution is 2.27. The summed E-state index contributed by atoms with van der Waals surface area (Å²) in [5.74, 6) is 0.445. The zero-order valence-corrected chi connectivity index (χ0v) is 15.9. The van der Waals surface area contributed by atoms with E-state index < -0.39 is 10.0 Å². The number of likely N-dealkylation sites (tertiary alicyclic amines) is 1. The Balaban J connectivity index is 1.56. The Morgan fingerprint density at radius 3 is 2.32 bits per heavy atom. The predicted molar refractivity (Wildman–Crippen MR) is 94.6 cm³/mol. The number of sulfonamides is 1. The predicted octanol–water partition coefficient (Wildman–Crippen LogP) is 1.88. The van der Waals surface area contributed by atoms with Crippen molar-refractivity contribution in [2.45, 2.75) is 69.7 Å². The van der Waals surface area contributed by atoms with Crippen LogP contribution in [0.15, 0.2) is 4.90 Å². The number of aryl methyl sites for hydroxylation is 2. The molecule has 0 atom stereocenters. The fraction of sp³-hybridized carbons (Fsp3) is 0.765. The second-order valence-electron chi connectivity index (χ2n) is 7.32. The summed E-state index contributed by atoms with van der Waals surface area (Å²) in [6.45, 7) is 4.65. The number of piperidine rings is 1. The number of rotatable bonds is 4. The van der Waals surface area contributed by atoms with Gasteiger partial charge < -0.3 is 4.90 Å². The molecule has 2 fully saturated rings. The monoisotopic (exact) mass is 368 g/mol. The molecule has 0 bridgehead atoms. The number of nitrogens with one attached hydrogen (secondary N) is 2. The number of amides is 1. The maximum atomic E-state index is 12.6. The molecule has 140 valence electrons. The molecule has 2 heterocycles. The first-order valence-corrected chi connectivity index (χ1v) is 10.7. The molecule has 1 aliphatic carbocycles. The normalized spacial score (nSPS) is 20.8. The van der Waals surface area contributed by atoms with Crippen LogP contribution in [0.1, 0.15) is 56.3 Å². The van der Waals surface area contributed by atoms with Crippen molar-refractivity contribution >= 4 is 15.9 Å². The van der Waals surface area contributed by atoms with Gasteiger partial charge in [-0.2, -0.15) is 5.10 Å². The van der Waals surface area contributed by atoms with E-state index in [1.165, 1.54) is 6.42 Å². The highest BCUT2D eigenvalue weighted by molar-refractivity contribution is 7.89. The molecular weight excluding hydrogens is 340 g/mol. The average Bonchev–Trinajstić information content (AvgIpc) is 2.95. The molecule has 0 aromatic carbocycles. The van der Waals surface area contributed by atoms with E-state index in [1.54, 1.807) is 13.8 Å². The summed E-state index contributed by atoms with van der Waals surface area (Å²) >= 11 is 0. The van der Waals surface area contributed by atoms with E-state index in [1.807, 2.05) is 4.90 Å². The minimum Gasteiger partial charge on any atom is -0.342 e. The van der Waals surface area contributed by atoms with Crippen LogP contribution < -0.4 is 4.72 Å². The van der Waals surface area contributed by atoms with Crippen LogP contribution in [0, 0.1) is 19.8 Å². The van der Waals surface area contributed by atoms with Gasteiger partial charge in [0.25, 0.3) is 0 Å². The highest BCUT2D eigenvalue weighted by atomic mass is 32.2. The van der Waals surface area contributed by atoms with Crippen molar-refractivity contribution in [3.63, 3.8) is 0 Å². The Kier molecular flexibility index (Phi) is 5.48. The molecule has 1 saturated carbocycles. The van der Waals surface area contributed by atoms with Crippen molar-refractivity contribution < 1.29 is 13.2 Å². The average molecular weight is 369 g/mol. The Labute approximate surface area is 149 Å². The van der Waals surface area contributed by atoms with Gasteiger partial charge in [0.2, 0.25) is 15.9 Å². The van der Waals surface area contributed by atoms with Gasteiger partial charge in [0, 0.05) is 25.0 Å². The molecule has 3 rings (SSSR count). The van der Waals surface area contributed by atoms with Crippen LogP contribution >= 0.6 is 0 Å². The van der Waals surface area contributed by atoms with Gasteiger partial charge in [-0.1, -0.05) is 19.3 Å². The van der Waals surface area contributed by atoms with E-state index in [4.69, 9.17) is 0 Å². The lowest BCUT2D eigenvalue weighted by Gasteiger charge is -2.35. The number of H-pyrrole nitrogens is 1. The van der Waals surface area contributed by atoms with Gasteiger partial charge >= 0.3 is 0 Å². The lowest BCUT2D eigenvalue weighted by atomic mass is 9.87. The third kappa shape index (κ3) is 4.06. The summed E-state index contributed by atoms with van der Waals surface area (Å²) in [4.78, 5) is 14.8. The quantitative estimate of drug-likeness (QED) is 0.848. The molecule has 25 heavy (non-hydrogen) atoms. The van der Waals surface area contributed by atoms with E-state index >= 15 is 0 Å². The maximum absolute atomic E-state index is 12.6. The third-order valence-electron chi connectivity index (χ3n) is 5.41. The lowest BCUT2D eigenvalue weighted by molar-refractivity contribution is -0.137. The van der Waals surface area contributed by atoms with Gasteiger partial charge in [-0.05, 0) is 39.5 Å². The van der Waals surface area contributed by atoms with E-state index in [2.05, 4.69) is 14.9 Å². The van der Waals surface area contributed by atoms with Crippen molar-refractivity contribution in [1.82, 2.24) is 19.8 Å². The second kappa shape index (κ2) is 7.45. The fourth-order valence-electron chi connectivity index (χ4n) is 4.04. The molecule has 2 aliphatic rings. The summed E-state index contributed by atoms with van der Waals surface area (Å²) in [6.07, 6.45) is 6.86. The molecular formula is C17H28N4O3S. The van der Waals surface area contributed by atoms with Crippen LogP contribution in [0.2, 0.25) is 0 Å². The molecule has 1 amide bonds. The number of carbonyl (C=O) groups is 1. The van der Waals surface area contributed by atoms with E-state index in [-0.39, 0.29) is 22.8 Å². The van der Waals surface area contributed by atoms with Gasteiger partial charge in [0.1, 0.15) is 4.90 Å². The molecule has 0 radical (unpaired) electrons. The first-order chi connectivity index (χ1) is 11.9. The zero-order valence-electron chi connectivity index (χ0n) is 15.0. The Bertz CT molecular complexity index is 695. The Hall–Kier alpha value is -1.41. The molecule has 1 saturated heterocycles. The number of aromatic nitrogens is 2. The van der Waals surface area contributed by atoms with Crippen molar-refractivity contribution in [2.24, 2.45) is 5.92 Å². The summed E-state index contributed by atoms with van der Waals surface area (Å²) in [7, 11) is -3.58. The SMILES string of the molecule is Cc1n[nH]c(C)c1S(=O)(=O)NC1CCN(C(=O)C2CCCCC2)CC1. The minimum absolute atomic E-state index is 0.130. The van der Waals surface area contributed by atoms with E-state index in [9.17, 15) is 13.2 Å². The highest BCUT2D eigenvalue weighted by Gasteiger charge is 2.31. The number of hydrogen-bond donors (Lipinski definition) is 2. The third-order valence-corrected chi connectivity index (χ3v) is 7.19. The summed E-state index contributed by atoms with van der Waals surface area (Å²) in [5, 5.41) is 6.68. The fourth-order valence-corrected chi connectivity index (χ4v) is 5.72. The lowest BCUT2D eigenvalue weighted by Crippen LogP contribution is -2.48. The van der Waals surface area contributed by atoms with Gasteiger partial charge in [0.05, 0.1) is 11.4 Å². The van der Waals surface area contributed by atoms with E-state index in [0.29, 0.717) is 37.3 Å². The topological polar surface area (TPSA) is 95.2 Å². The molecule has 7 nitrogen and oxygen atoms in total. The second-order valence-corrected chi connectivity index (χ2v) is 8.97. The molecule has 8 heteroatoms. The Morgan fingerprint density at radius 1 is 1.12 bits per heavy atom. The maximum Gasteiger partial charge on any atom is 0.244 e. The van der Waals surface area contributed by atoms with Crippen molar-refractivity contribution in [3.05, 3.63) is 11.4 Å². The van der Waals surface area contributed by atoms with Crippen LogP contribution in [0.5, 0.6) is 0 Å². The van der Waals surface area contributed by atoms with E-state index in [0.717, 1.165) is 25.7 Å². The van der Waals surface area contributed by atoms with Gasteiger partial charge in [0.15, 0.2) is 0 Å². The zero-order chi connectivity index (χ0) is 18.0. The molecule has 1 aromatic rings. The van der Waals surface area contributed by atoms with Crippen LogP contribution in [0.4, 0.5) is 0 Å². The smallest absolute Gasteiger partial charge is 0.244 e. The molecule has 1 aromatic heterocycles. The van der Waals surface area contributed by atoms with Crippen LogP contribution in [-0.4, -0.2) is 48.6 Å². The summed E-state index contributed by atoms with van der Waals surface area (Å²) < 4.78 is 28.0. The molecule has 0 unspecified atom stereocenters. The summed E-state index contributed by atoms with van der Waals surface area (Å²) in [5.41, 5.74) is 1.03. The standard InChI is InChI=1S/C17H28N4O3S/c1-12-16(13(2)19-18-12)25(23,24)20-15-8-10-21(11-9-15)17(22)14-6-4-3-5-7-14/h14-15,20H,3-11H2,1-2H3,(H,18,19). The van der Waals surface area contributed by atoms with Gasteiger partial charge in [-0.15, -0.1) is 0 Å². The first kappa shape index (κ1) is 18.4. The Morgan fingerprint density at radius 2 is 1.76 bits per heavy atom.